The molecule has 2 rings (SSSR count). The summed E-state index contributed by atoms with van der Waals surface area (Å²) < 4.78 is 13.2. The number of benzene rings is 1. The van der Waals surface area contributed by atoms with Gasteiger partial charge in [0.2, 0.25) is 0 Å². The van der Waals surface area contributed by atoms with Crippen LogP contribution in [0.2, 0.25) is 0 Å². The van der Waals surface area contributed by atoms with Gasteiger partial charge in [0.05, 0.1) is 0 Å². The summed E-state index contributed by atoms with van der Waals surface area (Å²) in [5.41, 5.74) is 7.12. The Morgan fingerprint density at radius 2 is 2.13 bits per heavy atom. The molecule has 3 N–H and O–H groups in total. The van der Waals surface area contributed by atoms with Gasteiger partial charge in [-0.1, -0.05) is 6.07 Å². The highest BCUT2D eigenvalue weighted by Crippen LogP contribution is 2.40. The summed E-state index contributed by atoms with van der Waals surface area (Å²) >= 11 is 0. The molecular weight excluding hydrogens is 193 g/mol. The molecule has 1 aliphatic rings. The van der Waals surface area contributed by atoms with Crippen LogP contribution < -0.4 is 5.73 Å². The highest BCUT2D eigenvalue weighted by atomic mass is 19.1. The summed E-state index contributed by atoms with van der Waals surface area (Å²) in [6, 6.07) is 5.02. The number of phenols is 1. The Morgan fingerprint density at radius 3 is 2.60 bits per heavy atom. The zero-order valence-corrected chi connectivity index (χ0v) is 8.83. The van der Waals surface area contributed by atoms with Crippen molar-refractivity contribution in [3.8, 4) is 5.75 Å². The molecule has 1 fully saturated rings. The molecule has 3 heteroatoms. The predicted octanol–water partition coefficient (Wildman–Crippen LogP) is 2.76. The standard InChI is InChI=1S/C12H16FNO/c1-8(13)10-7-9(3-4-11(10)15)12(14)5-2-6-12/h3-4,7-8,15H,2,5-6,14H2,1H3. The lowest BCUT2D eigenvalue weighted by atomic mass is 9.72. The highest BCUT2D eigenvalue weighted by Gasteiger charge is 2.34. The maximum absolute atomic E-state index is 13.2. The molecule has 1 saturated carbocycles. The molecule has 0 bridgehead atoms. The van der Waals surface area contributed by atoms with Crippen molar-refractivity contribution in [3.05, 3.63) is 29.3 Å². The molecule has 0 radical (unpaired) electrons. The van der Waals surface area contributed by atoms with E-state index in [2.05, 4.69) is 0 Å². The smallest absolute Gasteiger partial charge is 0.126 e. The average Bonchev–Trinajstić information content (AvgIpc) is 2.14. The fraction of sp³-hybridized carbons (Fsp3) is 0.500. The molecule has 0 heterocycles. The quantitative estimate of drug-likeness (QED) is 0.786. The third-order valence-corrected chi connectivity index (χ3v) is 3.28. The van der Waals surface area contributed by atoms with Crippen molar-refractivity contribution >= 4 is 0 Å². The zero-order valence-electron chi connectivity index (χ0n) is 8.83. The molecule has 0 aromatic heterocycles. The van der Waals surface area contributed by atoms with Crippen LogP contribution in [0.1, 0.15) is 43.5 Å². The van der Waals surface area contributed by atoms with E-state index < -0.39 is 6.17 Å². The minimum Gasteiger partial charge on any atom is -0.508 e. The van der Waals surface area contributed by atoms with Crippen LogP contribution in [0.25, 0.3) is 0 Å². The Kier molecular flexibility index (Phi) is 2.43. The van der Waals surface area contributed by atoms with Gasteiger partial charge in [0.1, 0.15) is 11.9 Å². The number of alkyl halides is 1. The molecule has 82 valence electrons. The fourth-order valence-corrected chi connectivity index (χ4v) is 2.03. The maximum Gasteiger partial charge on any atom is 0.126 e. The summed E-state index contributed by atoms with van der Waals surface area (Å²) in [5, 5.41) is 9.48. The van der Waals surface area contributed by atoms with E-state index in [-0.39, 0.29) is 11.3 Å². The van der Waals surface area contributed by atoms with E-state index in [1.807, 2.05) is 0 Å². The first-order chi connectivity index (χ1) is 7.03. The van der Waals surface area contributed by atoms with Crippen molar-refractivity contribution in [2.24, 2.45) is 5.73 Å². The van der Waals surface area contributed by atoms with Gasteiger partial charge in [0.25, 0.3) is 0 Å². The van der Waals surface area contributed by atoms with E-state index in [0.29, 0.717) is 5.56 Å². The molecular formula is C12H16FNO. The van der Waals surface area contributed by atoms with Gasteiger partial charge >= 0.3 is 0 Å². The lowest BCUT2D eigenvalue weighted by molar-refractivity contribution is 0.252. The number of hydrogen-bond acceptors (Lipinski definition) is 2. The molecule has 1 aromatic rings. The number of rotatable bonds is 2. The summed E-state index contributed by atoms with van der Waals surface area (Å²) in [5.74, 6) is 0.0108. The van der Waals surface area contributed by atoms with E-state index in [1.165, 1.54) is 13.0 Å². The molecule has 15 heavy (non-hydrogen) atoms. The SMILES string of the molecule is CC(F)c1cc(C2(N)CCC2)ccc1O. The zero-order chi connectivity index (χ0) is 11.1. The van der Waals surface area contributed by atoms with E-state index in [4.69, 9.17) is 5.73 Å². The van der Waals surface area contributed by atoms with Crippen LogP contribution in [0, 0.1) is 0 Å². The van der Waals surface area contributed by atoms with Crippen molar-refractivity contribution in [2.45, 2.75) is 37.9 Å². The minimum absolute atomic E-state index is 0.0108. The molecule has 1 unspecified atom stereocenters. The van der Waals surface area contributed by atoms with Crippen molar-refractivity contribution in [2.75, 3.05) is 0 Å². The Bertz CT molecular complexity index is 372. The second-order valence-electron chi connectivity index (χ2n) is 4.40. The second-order valence-corrected chi connectivity index (χ2v) is 4.40. The van der Waals surface area contributed by atoms with Gasteiger partial charge < -0.3 is 10.8 Å². The molecule has 1 atom stereocenters. The Labute approximate surface area is 88.9 Å². The summed E-state index contributed by atoms with van der Waals surface area (Å²) in [7, 11) is 0. The highest BCUT2D eigenvalue weighted by molar-refractivity contribution is 5.40. The monoisotopic (exact) mass is 209 g/mol. The van der Waals surface area contributed by atoms with Crippen LogP contribution in [0.15, 0.2) is 18.2 Å². The first kappa shape index (κ1) is 10.4. The molecule has 2 nitrogen and oxygen atoms in total. The largest absolute Gasteiger partial charge is 0.508 e. The van der Waals surface area contributed by atoms with E-state index in [0.717, 1.165) is 24.8 Å². The van der Waals surface area contributed by atoms with E-state index >= 15 is 0 Å². The van der Waals surface area contributed by atoms with Crippen LogP contribution in [-0.2, 0) is 5.54 Å². The van der Waals surface area contributed by atoms with E-state index in [9.17, 15) is 9.50 Å². The average molecular weight is 209 g/mol. The van der Waals surface area contributed by atoms with Crippen LogP contribution in [-0.4, -0.2) is 5.11 Å². The van der Waals surface area contributed by atoms with Crippen LogP contribution in [0.3, 0.4) is 0 Å². The van der Waals surface area contributed by atoms with Crippen LogP contribution in [0.4, 0.5) is 4.39 Å². The van der Waals surface area contributed by atoms with Gasteiger partial charge in [-0.05, 0) is 43.9 Å². The number of phenolic OH excluding ortho intramolecular Hbond substituents is 1. The number of halogens is 1. The van der Waals surface area contributed by atoms with Gasteiger partial charge in [0.15, 0.2) is 0 Å². The lowest BCUT2D eigenvalue weighted by Crippen LogP contribution is -2.43. The predicted molar refractivity (Wildman–Crippen MR) is 57.3 cm³/mol. The third-order valence-electron chi connectivity index (χ3n) is 3.28. The molecule has 0 spiro atoms. The number of nitrogens with two attached hydrogens (primary N) is 1. The van der Waals surface area contributed by atoms with E-state index in [1.54, 1.807) is 12.1 Å². The Hall–Kier alpha value is -1.09. The molecule has 0 aliphatic heterocycles. The summed E-state index contributed by atoms with van der Waals surface area (Å²) in [6.45, 7) is 1.42. The minimum atomic E-state index is -1.16. The molecule has 0 saturated heterocycles. The van der Waals surface area contributed by atoms with Gasteiger partial charge in [-0.3, -0.25) is 0 Å². The Morgan fingerprint density at radius 1 is 1.47 bits per heavy atom. The van der Waals surface area contributed by atoms with Crippen molar-refractivity contribution < 1.29 is 9.50 Å². The lowest BCUT2D eigenvalue weighted by Gasteiger charge is -2.39. The summed E-state index contributed by atoms with van der Waals surface area (Å²) in [6.07, 6.45) is 1.85. The van der Waals surface area contributed by atoms with Crippen LogP contribution >= 0.6 is 0 Å². The topological polar surface area (TPSA) is 46.2 Å². The van der Waals surface area contributed by atoms with Gasteiger partial charge in [-0.25, -0.2) is 4.39 Å². The maximum atomic E-state index is 13.2. The number of aromatic hydroxyl groups is 1. The third kappa shape index (κ3) is 1.72. The fourth-order valence-electron chi connectivity index (χ4n) is 2.03. The van der Waals surface area contributed by atoms with Crippen LogP contribution in [0.5, 0.6) is 5.75 Å². The van der Waals surface area contributed by atoms with Crippen molar-refractivity contribution in [1.29, 1.82) is 0 Å². The van der Waals surface area contributed by atoms with Gasteiger partial charge in [-0.15, -0.1) is 0 Å². The molecule has 0 amide bonds. The molecule has 1 aromatic carbocycles. The Balaban J connectivity index is 2.38. The summed E-state index contributed by atoms with van der Waals surface area (Å²) in [4.78, 5) is 0. The molecule has 1 aliphatic carbocycles. The van der Waals surface area contributed by atoms with Crippen molar-refractivity contribution in [3.63, 3.8) is 0 Å². The second kappa shape index (κ2) is 3.49. The first-order valence-electron chi connectivity index (χ1n) is 5.29. The normalized spacial score (nSPS) is 20.7. The number of hydrogen-bond donors (Lipinski definition) is 2. The van der Waals surface area contributed by atoms with Gasteiger partial charge in [0, 0.05) is 11.1 Å². The van der Waals surface area contributed by atoms with Gasteiger partial charge in [-0.2, -0.15) is 0 Å². The first-order valence-corrected chi connectivity index (χ1v) is 5.29. The van der Waals surface area contributed by atoms with Crippen molar-refractivity contribution in [1.82, 2.24) is 0 Å².